The maximum absolute atomic E-state index is 12.8. The molecule has 100 valence electrons. The van der Waals surface area contributed by atoms with Gasteiger partial charge in [0.25, 0.3) is 0 Å². The summed E-state index contributed by atoms with van der Waals surface area (Å²) in [6, 6.07) is 8.93. The topological polar surface area (TPSA) is 51.8 Å². The highest BCUT2D eigenvalue weighted by Gasteiger charge is 2.24. The van der Waals surface area contributed by atoms with Crippen LogP contribution in [0.15, 0.2) is 56.2 Å². The molecule has 1 aromatic heterocycles. The molecule has 0 spiro atoms. The zero-order chi connectivity index (χ0) is 14.1. The maximum atomic E-state index is 12.8. The van der Waals surface area contributed by atoms with Crippen molar-refractivity contribution in [2.75, 3.05) is 0 Å². The lowest BCUT2D eigenvalue weighted by Crippen LogP contribution is -2.05. The van der Waals surface area contributed by atoms with Gasteiger partial charge in [0, 0.05) is 11.6 Å². The molecule has 0 fully saturated rings. The molecule has 6 heteroatoms. The third kappa shape index (κ3) is 2.55. The number of carbonyl (C=O) groups excluding carboxylic acids is 1. The average molecular weight is 336 g/mol. The van der Waals surface area contributed by atoms with Crippen molar-refractivity contribution in [2.45, 2.75) is 0 Å². The first-order valence-electron chi connectivity index (χ1n) is 5.66. The quantitative estimate of drug-likeness (QED) is 0.623. The van der Waals surface area contributed by atoms with Gasteiger partial charge < -0.3 is 9.15 Å². The number of ether oxygens (including phenoxy) is 1. The molecule has 0 unspecified atom stereocenters. The van der Waals surface area contributed by atoms with Gasteiger partial charge in [0.05, 0.1) is 0 Å². The molecule has 4 nitrogen and oxygen atoms in total. The average Bonchev–Trinajstić information content (AvgIpc) is 2.98. The Morgan fingerprint density at radius 2 is 1.90 bits per heavy atom. The Hall–Kier alpha value is -2.21. The lowest BCUT2D eigenvalue weighted by molar-refractivity contribution is -0.129. The Balaban J connectivity index is 1.92. The van der Waals surface area contributed by atoms with Gasteiger partial charge in [0.15, 0.2) is 10.4 Å². The van der Waals surface area contributed by atoms with E-state index in [-0.39, 0.29) is 17.4 Å². The van der Waals surface area contributed by atoms with Gasteiger partial charge >= 0.3 is 5.97 Å². The van der Waals surface area contributed by atoms with E-state index in [1.807, 2.05) is 0 Å². The van der Waals surface area contributed by atoms with E-state index in [2.05, 4.69) is 20.9 Å². The largest absolute Gasteiger partial charge is 0.450 e. The summed E-state index contributed by atoms with van der Waals surface area (Å²) < 4.78 is 23.7. The van der Waals surface area contributed by atoms with Crippen molar-refractivity contribution in [3.05, 3.63) is 63.9 Å². The van der Waals surface area contributed by atoms with Crippen LogP contribution < -0.4 is 0 Å². The summed E-state index contributed by atoms with van der Waals surface area (Å²) >= 11 is 3.17. The summed E-state index contributed by atoms with van der Waals surface area (Å²) in [5.74, 6) is -0.313. The second-order valence-corrected chi connectivity index (χ2v) is 4.77. The fourth-order valence-corrected chi connectivity index (χ4v) is 1.98. The van der Waals surface area contributed by atoms with E-state index < -0.39 is 5.97 Å². The minimum atomic E-state index is -0.572. The second kappa shape index (κ2) is 5.05. The van der Waals surface area contributed by atoms with Gasteiger partial charge in [-0.1, -0.05) is 0 Å². The molecule has 0 bridgehead atoms. The molecule has 0 radical (unpaired) electrons. The molecule has 1 aromatic carbocycles. The summed E-state index contributed by atoms with van der Waals surface area (Å²) in [6.45, 7) is 0. The number of aliphatic imine (C=N–C) groups is 1. The van der Waals surface area contributed by atoms with E-state index in [0.29, 0.717) is 16.0 Å². The van der Waals surface area contributed by atoms with Crippen LogP contribution in [0.4, 0.5) is 4.39 Å². The molecule has 0 aliphatic carbocycles. The van der Waals surface area contributed by atoms with Gasteiger partial charge in [-0.15, -0.1) is 0 Å². The van der Waals surface area contributed by atoms with Crippen LogP contribution in [0.5, 0.6) is 0 Å². The Labute approximate surface area is 121 Å². The summed E-state index contributed by atoms with van der Waals surface area (Å²) in [6.07, 6.45) is 1.48. The summed E-state index contributed by atoms with van der Waals surface area (Å²) in [4.78, 5) is 15.8. The molecular weight excluding hydrogens is 329 g/mol. The van der Waals surface area contributed by atoms with Gasteiger partial charge in [-0.05, 0) is 52.3 Å². The highest BCUT2D eigenvalue weighted by atomic mass is 79.9. The van der Waals surface area contributed by atoms with Crippen LogP contribution in [0.3, 0.4) is 0 Å². The van der Waals surface area contributed by atoms with Crippen LogP contribution in [-0.2, 0) is 9.53 Å². The predicted octanol–water partition coefficient (Wildman–Crippen LogP) is 3.53. The van der Waals surface area contributed by atoms with E-state index in [1.54, 1.807) is 12.1 Å². The molecule has 0 saturated carbocycles. The summed E-state index contributed by atoms with van der Waals surface area (Å²) in [5, 5.41) is 0. The SMILES string of the molecule is O=C1OC(c2ccc(F)cc2)=N/C1=C/c1ccc(Br)o1. The Kier molecular flexibility index (Phi) is 3.23. The van der Waals surface area contributed by atoms with Crippen molar-refractivity contribution in [1.29, 1.82) is 0 Å². The van der Waals surface area contributed by atoms with Gasteiger partial charge in [0.1, 0.15) is 11.6 Å². The lowest BCUT2D eigenvalue weighted by atomic mass is 10.2. The number of furan rings is 1. The van der Waals surface area contributed by atoms with Crippen LogP contribution in [0.25, 0.3) is 6.08 Å². The molecule has 0 atom stereocenters. The Bertz CT molecular complexity index is 731. The molecule has 2 heterocycles. The molecule has 20 heavy (non-hydrogen) atoms. The number of cyclic esters (lactones) is 1. The second-order valence-electron chi connectivity index (χ2n) is 3.98. The van der Waals surface area contributed by atoms with Crippen molar-refractivity contribution >= 4 is 33.9 Å². The van der Waals surface area contributed by atoms with Crippen LogP contribution >= 0.6 is 15.9 Å². The first-order valence-corrected chi connectivity index (χ1v) is 6.45. The standard InChI is InChI=1S/C14H7BrFNO3/c15-12-6-5-10(19-12)7-11-14(18)20-13(17-11)8-1-3-9(16)4-2-8/h1-7H/b11-7+. The number of hydrogen-bond acceptors (Lipinski definition) is 4. The number of nitrogens with zero attached hydrogens (tertiary/aromatic N) is 1. The predicted molar refractivity (Wildman–Crippen MR) is 73.4 cm³/mol. The number of rotatable bonds is 2. The molecule has 0 saturated heterocycles. The number of halogens is 2. The fourth-order valence-electron chi connectivity index (χ4n) is 1.67. The molecule has 3 rings (SSSR count). The molecule has 1 aliphatic rings. The molecule has 0 N–H and O–H groups in total. The monoisotopic (exact) mass is 335 g/mol. The minimum absolute atomic E-state index is 0.131. The number of carbonyl (C=O) groups is 1. The van der Waals surface area contributed by atoms with Gasteiger partial charge in [-0.3, -0.25) is 0 Å². The Morgan fingerprint density at radius 3 is 2.55 bits per heavy atom. The number of benzene rings is 1. The zero-order valence-electron chi connectivity index (χ0n) is 9.97. The smallest absolute Gasteiger partial charge is 0.363 e. The zero-order valence-corrected chi connectivity index (χ0v) is 11.6. The summed E-state index contributed by atoms with van der Waals surface area (Å²) in [7, 11) is 0. The first-order chi connectivity index (χ1) is 9.61. The molecule has 1 aliphatic heterocycles. The third-order valence-electron chi connectivity index (χ3n) is 2.58. The van der Waals surface area contributed by atoms with Crippen LogP contribution in [-0.4, -0.2) is 11.9 Å². The van der Waals surface area contributed by atoms with Crippen molar-refractivity contribution in [1.82, 2.24) is 0 Å². The van der Waals surface area contributed by atoms with Crippen molar-refractivity contribution < 1.29 is 18.3 Å². The van der Waals surface area contributed by atoms with Gasteiger partial charge in [-0.25, -0.2) is 14.2 Å². The normalized spacial score (nSPS) is 16.4. The van der Waals surface area contributed by atoms with E-state index >= 15 is 0 Å². The van der Waals surface area contributed by atoms with E-state index in [1.165, 1.54) is 30.3 Å². The summed E-state index contributed by atoms with van der Waals surface area (Å²) in [5.41, 5.74) is 0.662. The van der Waals surface area contributed by atoms with E-state index in [0.717, 1.165) is 0 Å². The van der Waals surface area contributed by atoms with E-state index in [4.69, 9.17) is 9.15 Å². The van der Waals surface area contributed by atoms with Crippen LogP contribution in [0, 0.1) is 5.82 Å². The number of hydrogen-bond donors (Lipinski definition) is 0. The highest BCUT2D eigenvalue weighted by Crippen LogP contribution is 2.21. The molecule has 2 aromatic rings. The lowest BCUT2D eigenvalue weighted by Gasteiger charge is -1.98. The maximum Gasteiger partial charge on any atom is 0.363 e. The third-order valence-corrected chi connectivity index (χ3v) is 3.01. The Morgan fingerprint density at radius 1 is 1.15 bits per heavy atom. The van der Waals surface area contributed by atoms with Crippen molar-refractivity contribution in [2.24, 2.45) is 4.99 Å². The van der Waals surface area contributed by atoms with Crippen molar-refractivity contribution in [3.8, 4) is 0 Å². The molecular formula is C14H7BrFNO3. The molecule has 0 amide bonds. The van der Waals surface area contributed by atoms with Crippen LogP contribution in [0.1, 0.15) is 11.3 Å². The number of esters is 1. The minimum Gasteiger partial charge on any atom is -0.450 e. The first kappa shape index (κ1) is 12.8. The van der Waals surface area contributed by atoms with Gasteiger partial charge in [0.2, 0.25) is 5.90 Å². The fraction of sp³-hybridized carbons (Fsp3) is 0. The van der Waals surface area contributed by atoms with Gasteiger partial charge in [-0.2, -0.15) is 0 Å². The van der Waals surface area contributed by atoms with Crippen molar-refractivity contribution in [3.63, 3.8) is 0 Å². The highest BCUT2D eigenvalue weighted by molar-refractivity contribution is 9.10. The van der Waals surface area contributed by atoms with Crippen LogP contribution in [0.2, 0.25) is 0 Å². The van der Waals surface area contributed by atoms with E-state index in [9.17, 15) is 9.18 Å².